The molecule has 0 saturated carbocycles. The van der Waals surface area contributed by atoms with Crippen LogP contribution in [0.3, 0.4) is 0 Å². The first-order valence-electron chi connectivity index (χ1n) is 5.41. The molecular formula is C13H17NO2. The standard InChI is InChI=1S/C13H17NO2/c1-4-13(16)14-8-12(15)11-6-5-9(2)10(3)7-11/h5-7H,4,8H2,1-3H3,(H,14,16). The van der Waals surface area contributed by atoms with Gasteiger partial charge in [0.15, 0.2) is 5.78 Å². The summed E-state index contributed by atoms with van der Waals surface area (Å²) in [7, 11) is 0. The van der Waals surface area contributed by atoms with Crippen molar-refractivity contribution >= 4 is 11.7 Å². The lowest BCUT2D eigenvalue weighted by molar-refractivity contribution is -0.120. The van der Waals surface area contributed by atoms with Crippen molar-refractivity contribution in [2.75, 3.05) is 6.54 Å². The number of Topliss-reactive ketones (excluding diaryl/α,β-unsaturated/α-hetero) is 1. The van der Waals surface area contributed by atoms with Crippen LogP contribution >= 0.6 is 0 Å². The zero-order chi connectivity index (χ0) is 12.1. The second-order valence-electron chi connectivity index (χ2n) is 3.85. The Kier molecular flexibility index (Phi) is 4.23. The second-order valence-corrected chi connectivity index (χ2v) is 3.85. The third-order valence-electron chi connectivity index (χ3n) is 2.60. The predicted molar refractivity (Wildman–Crippen MR) is 63.5 cm³/mol. The van der Waals surface area contributed by atoms with Gasteiger partial charge in [0.25, 0.3) is 0 Å². The van der Waals surface area contributed by atoms with E-state index in [1.54, 1.807) is 13.0 Å². The third kappa shape index (κ3) is 3.19. The van der Waals surface area contributed by atoms with Crippen LogP contribution in [-0.2, 0) is 4.79 Å². The molecule has 3 nitrogen and oxygen atoms in total. The van der Waals surface area contributed by atoms with E-state index in [1.807, 2.05) is 26.0 Å². The molecule has 1 amide bonds. The fraction of sp³-hybridized carbons (Fsp3) is 0.385. The van der Waals surface area contributed by atoms with Crippen LogP contribution in [0, 0.1) is 13.8 Å². The first-order valence-corrected chi connectivity index (χ1v) is 5.41. The van der Waals surface area contributed by atoms with E-state index in [0.29, 0.717) is 12.0 Å². The molecule has 1 N–H and O–H groups in total. The van der Waals surface area contributed by atoms with E-state index >= 15 is 0 Å². The van der Waals surface area contributed by atoms with E-state index in [0.717, 1.165) is 11.1 Å². The number of aryl methyl sites for hydroxylation is 2. The first-order chi connectivity index (χ1) is 7.54. The van der Waals surface area contributed by atoms with Gasteiger partial charge in [-0.25, -0.2) is 0 Å². The minimum absolute atomic E-state index is 0.0510. The number of carbonyl (C=O) groups excluding carboxylic acids is 2. The van der Waals surface area contributed by atoms with Crippen LogP contribution in [0.25, 0.3) is 0 Å². The summed E-state index contributed by atoms with van der Waals surface area (Å²) < 4.78 is 0. The minimum atomic E-state index is -0.0998. The summed E-state index contributed by atoms with van der Waals surface area (Å²) in [4.78, 5) is 22.7. The van der Waals surface area contributed by atoms with Crippen molar-refractivity contribution in [2.24, 2.45) is 0 Å². The average Bonchev–Trinajstić information content (AvgIpc) is 2.29. The third-order valence-corrected chi connectivity index (χ3v) is 2.60. The summed E-state index contributed by atoms with van der Waals surface area (Å²) in [5.74, 6) is -0.151. The van der Waals surface area contributed by atoms with Crippen molar-refractivity contribution in [1.82, 2.24) is 5.32 Å². The summed E-state index contributed by atoms with van der Waals surface area (Å²) in [5.41, 5.74) is 2.90. The molecule has 0 aromatic heterocycles. The molecule has 0 atom stereocenters. The van der Waals surface area contributed by atoms with Crippen LogP contribution in [0.5, 0.6) is 0 Å². The van der Waals surface area contributed by atoms with E-state index < -0.39 is 0 Å². The molecule has 0 fully saturated rings. The van der Waals surface area contributed by atoms with Crippen LogP contribution in [0.2, 0.25) is 0 Å². The van der Waals surface area contributed by atoms with Crippen LogP contribution in [-0.4, -0.2) is 18.2 Å². The largest absolute Gasteiger partial charge is 0.349 e. The molecule has 0 aliphatic carbocycles. The Balaban J connectivity index is 2.66. The molecule has 86 valence electrons. The number of nitrogens with one attached hydrogen (secondary N) is 1. The topological polar surface area (TPSA) is 46.2 Å². The van der Waals surface area contributed by atoms with Crippen molar-refractivity contribution in [2.45, 2.75) is 27.2 Å². The molecule has 0 saturated heterocycles. The van der Waals surface area contributed by atoms with Gasteiger partial charge < -0.3 is 5.32 Å². The lowest BCUT2D eigenvalue weighted by Gasteiger charge is -2.05. The van der Waals surface area contributed by atoms with Crippen molar-refractivity contribution in [3.05, 3.63) is 34.9 Å². The highest BCUT2D eigenvalue weighted by atomic mass is 16.2. The molecule has 0 bridgehead atoms. The average molecular weight is 219 g/mol. The highest BCUT2D eigenvalue weighted by Gasteiger charge is 2.07. The molecular weight excluding hydrogens is 202 g/mol. The predicted octanol–water partition coefficient (Wildman–Crippen LogP) is 2.01. The molecule has 0 radical (unpaired) electrons. The van der Waals surface area contributed by atoms with Gasteiger partial charge in [-0.1, -0.05) is 19.1 Å². The van der Waals surface area contributed by atoms with Gasteiger partial charge in [0.1, 0.15) is 0 Å². The Morgan fingerprint density at radius 3 is 2.44 bits per heavy atom. The van der Waals surface area contributed by atoms with E-state index in [2.05, 4.69) is 5.32 Å². The van der Waals surface area contributed by atoms with E-state index in [1.165, 1.54) is 0 Å². The van der Waals surface area contributed by atoms with Crippen LogP contribution in [0.4, 0.5) is 0 Å². The smallest absolute Gasteiger partial charge is 0.220 e. The number of hydrogen-bond donors (Lipinski definition) is 1. The maximum absolute atomic E-state index is 11.7. The SMILES string of the molecule is CCC(=O)NCC(=O)c1ccc(C)c(C)c1. The lowest BCUT2D eigenvalue weighted by atomic mass is 10.0. The van der Waals surface area contributed by atoms with Gasteiger partial charge in [-0.05, 0) is 31.0 Å². The summed E-state index contributed by atoms with van der Waals surface area (Å²) >= 11 is 0. The Morgan fingerprint density at radius 1 is 1.19 bits per heavy atom. The minimum Gasteiger partial charge on any atom is -0.349 e. The molecule has 16 heavy (non-hydrogen) atoms. The van der Waals surface area contributed by atoms with Crippen LogP contribution in [0.15, 0.2) is 18.2 Å². The molecule has 0 aliphatic heterocycles. The molecule has 3 heteroatoms. The molecule has 1 aromatic carbocycles. The van der Waals surface area contributed by atoms with Gasteiger partial charge >= 0.3 is 0 Å². The van der Waals surface area contributed by atoms with E-state index in [-0.39, 0.29) is 18.2 Å². The second kappa shape index (κ2) is 5.45. The van der Waals surface area contributed by atoms with Crippen molar-refractivity contribution in [1.29, 1.82) is 0 Å². The Hall–Kier alpha value is -1.64. The van der Waals surface area contributed by atoms with Crippen molar-refractivity contribution < 1.29 is 9.59 Å². The van der Waals surface area contributed by atoms with Crippen molar-refractivity contribution in [3.63, 3.8) is 0 Å². The van der Waals surface area contributed by atoms with Gasteiger partial charge in [0.05, 0.1) is 6.54 Å². The number of hydrogen-bond acceptors (Lipinski definition) is 2. The number of ketones is 1. The Bertz CT molecular complexity index is 410. The number of rotatable bonds is 4. The van der Waals surface area contributed by atoms with E-state index in [4.69, 9.17) is 0 Å². The van der Waals surface area contributed by atoms with E-state index in [9.17, 15) is 9.59 Å². The first kappa shape index (κ1) is 12.4. The van der Waals surface area contributed by atoms with Gasteiger partial charge in [-0.3, -0.25) is 9.59 Å². The molecule has 0 unspecified atom stereocenters. The summed E-state index contributed by atoms with van der Waals surface area (Å²) in [6.45, 7) is 5.81. The van der Waals surface area contributed by atoms with Gasteiger partial charge in [-0.15, -0.1) is 0 Å². The monoisotopic (exact) mass is 219 g/mol. The number of amides is 1. The molecule has 1 rings (SSSR count). The number of benzene rings is 1. The van der Waals surface area contributed by atoms with Crippen LogP contribution in [0.1, 0.15) is 34.8 Å². The zero-order valence-corrected chi connectivity index (χ0v) is 9.96. The summed E-state index contributed by atoms with van der Waals surface area (Å²) in [5, 5.41) is 2.58. The quantitative estimate of drug-likeness (QED) is 0.787. The maximum atomic E-state index is 11.7. The van der Waals surface area contributed by atoms with Gasteiger partial charge in [0, 0.05) is 12.0 Å². The molecule has 1 aromatic rings. The van der Waals surface area contributed by atoms with Gasteiger partial charge in [0.2, 0.25) is 5.91 Å². The highest BCUT2D eigenvalue weighted by molar-refractivity contribution is 5.99. The number of carbonyl (C=O) groups is 2. The van der Waals surface area contributed by atoms with Crippen molar-refractivity contribution in [3.8, 4) is 0 Å². The zero-order valence-electron chi connectivity index (χ0n) is 9.96. The summed E-state index contributed by atoms with van der Waals surface area (Å²) in [6.07, 6.45) is 0.403. The summed E-state index contributed by atoms with van der Waals surface area (Å²) in [6, 6.07) is 5.57. The lowest BCUT2D eigenvalue weighted by Crippen LogP contribution is -2.28. The molecule has 0 heterocycles. The van der Waals surface area contributed by atoms with Gasteiger partial charge in [-0.2, -0.15) is 0 Å². The fourth-order valence-electron chi connectivity index (χ4n) is 1.32. The molecule has 0 aliphatic rings. The van der Waals surface area contributed by atoms with Crippen LogP contribution < -0.4 is 5.32 Å². The Labute approximate surface area is 95.9 Å². The fourth-order valence-corrected chi connectivity index (χ4v) is 1.32. The Morgan fingerprint density at radius 2 is 1.88 bits per heavy atom. The molecule has 0 spiro atoms. The normalized spacial score (nSPS) is 9.94. The maximum Gasteiger partial charge on any atom is 0.220 e. The highest BCUT2D eigenvalue weighted by Crippen LogP contribution is 2.10.